The number of halogens is 3. The molecule has 164 valence electrons. The third-order valence-corrected chi connectivity index (χ3v) is 5.99. The first kappa shape index (κ1) is 21.8. The van der Waals surface area contributed by atoms with E-state index in [9.17, 15) is 18.0 Å². The second-order valence-corrected chi connectivity index (χ2v) is 8.22. The lowest BCUT2D eigenvalue weighted by molar-refractivity contribution is -0.137. The highest BCUT2D eigenvalue weighted by Gasteiger charge is 2.30. The van der Waals surface area contributed by atoms with Crippen molar-refractivity contribution in [3.63, 3.8) is 0 Å². The number of amides is 1. The molecule has 0 atom stereocenters. The first-order chi connectivity index (χ1) is 15.3. The quantitative estimate of drug-likeness (QED) is 0.396. The van der Waals surface area contributed by atoms with Crippen molar-refractivity contribution in [2.24, 2.45) is 0 Å². The summed E-state index contributed by atoms with van der Waals surface area (Å²) in [5.41, 5.74) is 0.661. The maximum absolute atomic E-state index is 12.7. The summed E-state index contributed by atoms with van der Waals surface area (Å²) in [5, 5.41) is 3.53. The van der Waals surface area contributed by atoms with E-state index >= 15 is 0 Å². The van der Waals surface area contributed by atoms with Crippen LogP contribution in [0.25, 0.3) is 20.7 Å². The van der Waals surface area contributed by atoms with Gasteiger partial charge in [0.05, 0.1) is 10.9 Å². The van der Waals surface area contributed by atoms with E-state index in [1.165, 1.54) is 18.5 Å². The topological polar surface area (TPSA) is 58.1 Å². The van der Waals surface area contributed by atoms with E-state index in [1.807, 2.05) is 48.3 Å². The fraction of sp³-hybridized carbons (Fsp3) is 0.174. The number of nitrogens with zero attached hydrogens (tertiary/aromatic N) is 3. The number of anilines is 2. The van der Waals surface area contributed by atoms with Crippen LogP contribution < -0.4 is 10.2 Å². The van der Waals surface area contributed by atoms with Crippen LogP contribution in [0.2, 0.25) is 0 Å². The van der Waals surface area contributed by atoms with E-state index in [4.69, 9.17) is 0 Å². The number of aromatic nitrogens is 2. The van der Waals surface area contributed by atoms with Crippen LogP contribution >= 0.6 is 11.3 Å². The molecule has 0 unspecified atom stereocenters. The van der Waals surface area contributed by atoms with Crippen LogP contribution in [-0.4, -0.2) is 29.5 Å². The molecule has 0 bridgehead atoms. The minimum absolute atomic E-state index is 0.151. The Kier molecular flexibility index (Phi) is 6.09. The monoisotopic (exact) mass is 456 g/mol. The molecule has 4 rings (SSSR count). The van der Waals surface area contributed by atoms with Crippen molar-refractivity contribution in [1.29, 1.82) is 0 Å². The number of nitrogens with one attached hydrogen (secondary N) is 1. The van der Waals surface area contributed by atoms with E-state index in [1.54, 1.807) is 11.3 Å². The van der Waals surface area contributed by atoms with Gasteiger partial charge in [0, 0.05) is 30.6 Å². The van der Waals surface area contributed by atoms with Gasteiger partial charge in [0.25, 0.3) is 0 Å². The van der Waals surface area contributed by atoms with Crippen molar-refractivity contribution < 1.29 is 18.0 Å². The molecular formula is C23H19F3N4OS. The predicted octanol–water partition coefficient (Wildman–Crippen LogP) is 5.84. The fourth-order valence-electron chi connectivity index (χ4n) is 3.23. The highest BCUT2D eigenvalue weighted by Crippen LogP contribution is 2.35. The normalized spacial score (nSPS) is 11.5. The van der Waals surface area contributed by atoms with Crippen LogP contribution in [0.15, 0.2) is 67.0 Å². The van der Waals surface area contributed by atoms with Gasteiger partial charge in [-0.05, 0) is 35.9 Å². The van der Waals surface area contributed by atoms with E-state index in [0.717, 1.165) is 38.6 Å². The molecule has 0 radical (unpaired) electrons. The number of carbonyl (C=O) groups excluding carboxylic acids is 1. The molecule has 1 amide bonds. The zero-order valence-corrected chi connectivity index (χ0v) is 17.9. The average Bonchev–Trinajstić information content (AvgIpc) is 3.22. The molecule has 4 aromatic rings. The molecule has 9 heteroatoms. The Labute approximate surface area is 186 Å². The summed E-state index contributed by atoms with van der Waals surface area (Å²) in [6.45, 7) is 0.384. The van der Waals surface area contributed by atoms with Gasteiger partial charge in [-0.2, -0.15) is 13.2 Å². The van der Waals surface area contributed by atoms with Gasteiger partial charge in [0.1, 0.15) is 17.0 Å². The van der Waals surface area contributed by atoms with Crippen molar-refractivity contribution in [2.75, 3.05) is 23.8 Å². The number of alkyl halides is 3. The number of thiophene rings is 1. The van der Waals surface area contributed by atoms with Crippen LogP contribution in [0.1, 0.15) is 12.0 Å². The molecule has 1 N–H and O–H groups in total. The molecule has 0 fully saturated rings. The molecule has 0 aliphatic heterocycles. The van der Waals surface area contributed by atoms with Crippen molar-refractivity contribution in [3.05, 3.63) is 72.6 Å². The summed E-state index contributed by atoms with van der Waals surface area (Å²) in [5.74, 6) is 0.424. The second kappa shape index (κ2) is 8.96. The van der Waals surface area contributed by atoms with E-state index in [2.05, 4.69) is 15.3 Å². The first-order valence-electron chi connectivity index (χ1n) is 9.79. The molecular weight excluding hydrogens is 437 g/mol. The molecule has 2 aromatic heterocycles. The molecule has 2 aromatic carbocycles. The number of rotatable bonds is 6. The summed E-state index contributed by atoms with van der Waals surface area (Å²) in [7, 11) is 1.84. The van der Waals surface area contributed by atoms with Gasteiger partial charge < -0.3 is 10.2 Å². The summed E-state index contributed by atoms with van der Waals surface area (Å²) < 4.78 is 38.0. The van der Waals surface area contributed by atoms with Crippen molar-refractivity contribution in [2.45, 2.75) is 12.6 Å². The molecule has 2 heterocycles. The van der Waals surface area contributed by atoms with E-state index < -0.39 is 11.7 Å². The number of benzene rings is 2. The minimum Gasteiger partial charge on any atom is -0.359 e. The summed E-state index contributed by atoms with van der Waals surface area (Å²) in [4.78, 5) is 24.9. The minimum atomic E-state index is -4.41. The van der Waals surface area contributed by atoms with Crippen molar-refractivity contribution >= 4 is 39.0 Å². The van der Waals surface area contributed by atoms with Gasteiger partial charge in [-0.15, -0.1) is 11.3 Å². The van der Waals surface area contributed by atoms with Gasteiger partial charge in [0.15, 0.2) is 0 Å². The summed E-state index contributed by atoms with van der Waals surface area (Å²) in [6.07, 6.45) is -2.75. The lowest BCUT2D eigenvalue weighted by Gasteiger charge is -2.18. The SMILES string of the molecule is CN(CCC(=O)Nc1ccc(C(F)(F)F)cc1)c1ncnc2sc(-c3ccccc3)cc12. The Morgan fingerprint density at radius 3 is 2.47 bits per heavy atom. The van der Waals surface area contributed by atoms with Crippen LogP contribution in [0.5, 0.6) is 0 Å². The van der Waals surface area contributed by atoms with Crippen LogP contribution in [0.4, 0.5) is 24.7 Å². The fourth-order valence-corrected chi connectivity index (χ4v) is 4.23. The molecule has 0 aliphatic rings. The van der Waals surface area contributed by atoms with Gasteiger partial charge >= 0.3 is 6.18 Å². The standard InChI is InChI=1S/C23H19F3N4OS/c1-30(12-11-20(31)29-17-9-7-16(8-10-17)23(24,25)26)21-18-13-19(15-5-3-2-4-6-15)32-22(18)28-14-27-21/h2-10,13-14H,11-12H2,1H3,(H,29,31). The Hall–Kier alpha value is -3.46. The maximum Gasteiger partial charge on any atom is 0.416 e. The van der Waals surface area contributed by atoms with Crippen LogP contribution in [0.3, 0.4) is 0 Å². The zero-order chi connectivity index (χ0) is 22.7. The largest absolute Gasteiger partial charge is 0.416 e. The van der Waals surface area contributed by atoms with Crippen molar-refractivity contribution in [1.82, 2.24) is 9.97 Å². The third-order valence-electron chi connectivity index (χ3n) is 4.90. The number of fused-ring (bicyclic) bond motifs is 1. The lowest BCUT2D eigenvalue weighted by atomic mass is 10.2. The smallest absolute Gasteiger partial charge is 0.359 e. The van der Waals surface area contributed by atoms with Gasteiger partial charge in [-0.1, -0.05) is 30.3 Å². The van der Waals surface area contributed by atoms with E-state index in [0.29, 0.717) is 12.2 Å². The van der Waals surface area contributed by atoms with Crippen molar-refractivity contribution in [3.8, 4) is 10.4 Å². The second-order valence-electron chi connectivity index (χ2n) is 7.19. The lowest BCUT2D eigenvalue weighted by Crippen LogP contribution is -2.24. The Bertz CT molecular complexity index is 1220. The number of hydrogen-bond acceptors (Lipinski definition) is 5. The van der Waals surface area contributed by atoms with Gasteiger partial charge in [-0.3, -0.25) is 4.79 Å². The van der Waals surface area contributed by atoms with Crippen LogP contribution in [-0.2, 0) is 11.0 Å². The van der Waals surface area contributed by atoms with Crippen LogP contribution in [0, 0.1) is 0 Å². The Morgan fingerprint density at radius 1 is 1.06 bits per heavy atom. The molecule has 0 saturated heterocycles. The van der Waals surface area contributed by atoms with Gasteiger partial charge in [0.2, 0.25) is 5.91 Å². The highest BCUT2D eigenvalue weighted by molar-refractivity contribution is 7.21. The molecule has 0 saturated carbocycles. The Balaban J connectivity index is 1.42. The number of hydrogen-bond donors (Lipinski definition) is 1. The third kappa shape index (κ3) is 4.88. The molecule has 0 spiro atoms. The predicted molar refractivity (Wildman–Crippen MR) is 121 cm³/mol. The molecule has 0 aliphatic carbocycles. The average molecular weight is 456 g/mol. The maximum atomic E-state index is 12.7. The highest BCUT2D eigenvalue weighted by atomic mass is 32.1. The molecule has 32 heavy (non-hydrogen) atoms. The van der Waals surface area contributed by atoms with Gasteiger partial charge in [-0.25, -0.2) is 9.97 Å². The summed E-state index contributed by atoms with van der Waals surface area (Å²) >= 11 is 1.57. The first-order valence-corrected chi connectivity index (χ1v) is 10.6. The number of carbonyl (C=O) groups is 1. The Morgan fingerprint density at radius 2 is 1.78 bits per heavy atom. The van der Waals surface area contributed by atoms with E-state index in [-0.39, 0.29) is 12.3 Å². The zero-order valence-electron chi connectivity index (χ0n) is 17.1. The summed E-state index contributed by atoms with van der Waals surface area (Å²) in [6, 6.07) is 16.4. The molecule has 5 nitrogen and oxygen atoms in total.